The van der Waals surface area contributed by atoms with Crippen LogP contribution < -0.4 is 19.6 Å². The van der Waals surface area contributed by atoms with Crippen LogP contribution >= 0.6 is 11.8 Å². The van der Waals surface area contributed by atoms with E-state index in [1.807, 2.05) is 24.3 Å². The number of ether oxygens (including phenoxy) is 3. The van der Waals surface area contributed by atoms with Crippen molar-refractivity contribution in [1.82, 2.24) is 15.0 Å². The quantitative estimate of drug-likeness (QED) is 0.320. The van der Waals surface area contributed by atoms with Crippen LogP contribution in [-0.4, -0.2) is 48.8 Å². The SMILES string of the molecule is CCn1c(SCC(=O)N/N=C/c2ccc(OC)c(OC)c2OC)nc2ccccc21. The van der Waals surface area contributed by atoms with Crippen molar-refractivity contribution in [3.8, 4) is 17.2 Å². The number of hydrogen-bond donors (Lipinski definition) is 1. The highest BCUT2D eigenvalue weighted by molar-refractivity contribution is 7.99. The highest BCUT2D eigenvalue weighted by atomic mass is 32.2. The molecule has 1 N–H and O–H groups in total. The molecule has 0 saturated carbocycles. The van der Waals surface area contributed by atoms with E-state index < -0.39 is 0 Å². The van der Waals surface area contributed by atoms with Gasteiger partial charge in [0.05, 0.1) is 44.3 Å². The van der Waals surface area contributed by atoms with Gasteiger partial charge in [0.2, 0.25) is 5.75 Å². The number of benzene rings is 2. The number of thioether (sulfide) groups is 1. The predicted octanol–water partition coefficient (Wildman–Crippen LogP) is 3.32. The number of amides is 1. The molecule has 1 amide bonds. The molecule has 3 rings (SSSR count). The lowest BCUT2D eigenvalue weighted by molar-refractivity contribution is -0.118. The largest absolute Gasteiger partial charge is 0.493 e. The summed E-state index contributed by atoms with van der Waals surface area (Å²) in [5.74, 6) is 1.45. The molecule has 0 aliphatic rings. The molecule has 0 spiro atoms. The smallest absolute Gasteiger partial charge is 0.250 e. The lowest BCUT2D eigenvalue weighted by atomic mass is 10.2. The molecule has 30 heavy (non-hydrogen) atoms. The van der Waals surface area contributed by atoms with Crippen LogP contribution in [0.4, 0.5) is 0 Å². The summed E-state index contributed by atoms with van der Waals surface area (Å²) in [5, 5.41) is 4.84. The Morgan fingerprint density at radius 2 is 1.90 bits per heavy atom. The number of hydrazone groups is 1. The second-order valence-electron chi connectivity index (χ2n) is 6.13. The van der Waals surface area contributed by atoms with E-state index in [1.165, 1.54) is 32.2 Å². The third-order valence-corrected chi connectivity index (χ3v) is 5.37. The molecule has 2 aromatic carbocycles. The number of carbonyl (C=O) groups is 1. The van der Waals surface area contributed by atoms with Crippen molar-refractivity contribution in [2.45, 2.75) is 18.6 Å². The van der Waals surface area contributed by atoms with Crippen LogP contribution in [-0.2, 0) is 11.3 Å². The Morgan fingerprint density at radius 3 is 2.60 bits per heavy atom. The van der Waals surface area contributed by atoms with Crippen LogP contribution in [0.5, 0.6) is 17.2 Å². The lowest BCUT2D eigenvalue weighted by Crippen LogP contribution is -2.20. The number of aromatic nitrogens is 2. The number of hydrogen-bond acceptors (Lipinski definition) is 7. The highest BCUT2D eigenvalue weighted by Gasteiger charge is 2.15. The summed E-state index contributed by atoms with van der Waals surface area (Å²) < 4.78 is 18.1. The summed E-state index contributed by atoms with van der Waals surface area (Å²) in [5.41, 5.74) is 5.16. The maximum atomic E-state index is 12.2. The molecule has 0 saturated heterocycles. The van der Waals surface area contributed by atoms with Crippen LogP contribution in [0.3, 0.4) is 0 Å². The molecular formula is C21H24N4O4S. The van der Waals surface area contributed by atoms with Gasteiger partial charge in [0.25, 0.3) is 5.91 Å². The topological polar surface area (TPSA) is 87.0 Å². The molecule has 1 heterocycles. The van der Waals surface area contributed by atoms with Crippen molar-refractivity contribution in [3.63, 3.8) is 0 Å². The van der Waals surface area contributed by atoms with Gasteiger partial charge in [-0.2, -0.15) is 5.10 Å². The van der Waals surface area contributed by atoms with Crippen molar-refractivity contribution < 1.29 is 19.0 Å². The van der Waals surface area contributed by atoms with Gasteiger partial charge in [-0.3, -0.25) is 4.79 Å². The van der Waals surface area contributed by atoms with E-state index in [-0.39, 0.29) is 11.7 Å². The molecule has 0 atom stereocenters. The minimum Gasteiger partial charge on any atom is -0.493 e. The molecule has 0 aliphatic heterocycles. The first-order valence-electron chi connectivity index (χ1n) is 9.31. The number of carbonyl (C=O) groups excluding carboxylic acids is 1. The van der Waals surface area contributed by atoms with Crippen molar-refractivity contribution >= 4 is 34.9 Å². The second kappa shape index (κ2) is 10.0. The average molecular weight is 429 g/mol. The monoisotopic (exact) mass is 428 g/mol. The normalized spacial score (nSPS) is 11.1. The molecule has 158 valence electrons. The van der Waals surface area contributed by atoms with E-state index in [0.717, 1.165) is 22.7 Å². The van der Waals surface area contributed by atoms with E-state index >= 15 is 0 Å². The molecule has 8 nitrogen and oxygen atoms in total. The summed E-state index contributed by atoms with van der Waals surface area (Å²) in [7, 11) is 4.61. The summed E-state index contributed by atoms with van der Waals surface area (Å²) in [6.07, 6.45) is 1.50. The molecule has 0 fully saturated rings. The number of nitrogens with zero attached hydrogens (tertiary/aromatic N) is 3. The predicted molar refractivity (Wildman–Crippen MR) is 118 cm³/mol. The van der Waals surface area contributed by atoms with Gasteiger partial charge in [0.15, 0.2) is 16.7 Å². The van der Waals surface area contributed by atoms with Gasteiger partial charge in [-0.25, -0.2) is 10.4 Å². The molecule has 0 bridgehead atoms. The summed E-state index contributed by atoms with van der Waals surface area (Å²) in [6.45, 7) is 2.83. The van der Waals surface area contributed by atoms with Crippen LogP contribution in [0, 0.1) is 0 Å². The summed E-state index contributed by atoms with van der Waals surface area (Å²) in [6, 6.07) is 11.4. The molecule has 9 heteroatoms. The summed E-state index contributed by atoms with van der Waals surface area (Å²) >= 11 is 1.38. The zero-order chi connectivity index (χ0) is 21.5. The number of rotatable bonds is 9. The Balaban J connectivity index is 1.65. The number of aryl methyl sites for hydroxylation is 1. The average Bonchev–Trinajstić information content (AvgIpc) is 3.14. The van der Waals surface area contributed by atoms with Crippen LogP contribution in [0.15, 0.2) is 46.7 Å². The third kappa shape index (κ3) is 4.51. The number of fused-ring (bicyclic) bond motifs is 1. The molecular weight excluding hydrogens is 404 g/mol. The standard InChI is InChI=1S/C21H24N4O4S/c1-5-25-16-9-7-6-8-15(16)23-21(25)30-13-18(26)24-22-12-14-10-11-17(27-2)20(29-4)19(14)28-3/h6-12H,5,13H2,1-4H3,(H,24,26)/b22-12+. The Bertz CT molecular complexity index is 1060. The van der Waals surface area contributed by atoms with Crippen LogP contribution in [0.1, 0.15) is 12.5 Å². The lowest BCUT2D eigenvalue weighted by Gasteiger charge is -2.13. The molecule has 3 aromatic rings. The van der Waals surface area contributed by atoms with Gasteiger partial charge in [-0.15, -0.1) is 0 Å². The second-order valence-corrected chi connectivity index (χ2v) is 7.08. The maximum Gasteiger partial charge on any atom is 0.250 e. The fourth-order valence-corrected chi connectivity index (χ4v) is 3.90. The van der Waals surface area contributed by atoms with E-state index in [2.05, 4.69) is 27.0 Å². The van der Waals surface area contributed by atoms with Crippen molar-refractivity contribution in [1.29, 1.82) is 0 Å². The first-order valence-corrected chi connectivity index (χ1v) is 10.3. The first-order chi connectivity index (χ1) is 14.6. The fourth-order valence-electron chi connectivity index (χ4n) is 3.03. The zero-order valence-electron chi connectivity index (χ0n) is 17.3. The Labute approximate surface area is 179 Å². The van der Waals surface area contributed by atoms with Crippen molar-refractivity contribution in [2.75, 3.05) is 27.1 Å². The number of para-hydroxylation sites is 2. The number of methoxy groups -OCH3 is 3. The minimum absolute atomic E-state index is 0.198. The van der Waals surface area contributed by atoms with Gasteiger partial charge in [0, 0.05) is 12.1 Å². The van der Waals surface area contributed by atoms with E-state index in [0.29, 0.717) is 22.8 Å². The first kappa shape index (κ1) is 21.5. The van der Waals surface area contributed by atoms with Gasteiger partial charge in [-0.05, 0) is 31.2 Å². The third-order valence-electron chi connectivity index (χ3n) is 4.40. The van der Waals surface area contributed by atoms with Crippen molar-refractivity contribution in [3.05, 3.63) is 42.0 Å². The van der Waals surface area contributed by atoms with Crippen LogP contribution in [0.2, 0.25) is 0 Å². The zero-order valence-corrected chi connectivity index (χ0v) is 18.2. The minimum atomic E-state index is -0.231. The number of imidazole rings is 1. The van der Waals surface area contributed by atoms with Gasteiger partial charge >= 0.3 is 0 Å². The maximum absolute atomic E-state index is 12.2. The molecule has 0 unspecified atom stereocenters. The Hall–Kier alpha value is -3.20. The van der Waals surface area contributed by atoms with Gasteiger partial charge in [-0.1, -0.05) is 23.9 Å². The highest BCUT2D eigenvalue weighted by Crippen LogP contribution is 2.38. The Morgan fingerprint density at radius 1 is 1.13 bits per heavy atom. The van der Waals surface area contributed by atoms with Crippen molar-refractivity contribution in [2.24, 2.45) is 5.10 Å². The van der Waals surface area contributed by atoms with E-state index in [9.17, 15) is 4.79 Å². The molecule has 0 radical (unpaired) electrons. The van der Waals surface area contributed by atoms with E-state index in [1.54, 1.807) is 19.2 Å². The fraction of sp³-hybridized carbons (Fsp3) is 0.286. The summed E-state index contributed by atoms with van der Waals surface area (Å²) in [4.78, 5) is 16.8. The van der Waals surface area contributed by atoms with Gasteiger partial charge in [0.1, 0.15) is 0 Å². The Kier molecular flexibility index (Phi) is 7.18. The van der Waals surface area contributed by atoms with Gasteiger partial charge < -0.3 is 18.8 Å². The van der Waals surface area contributed by atoms with Crippen LogP contribution in [0.25, 0.3) is 11.0 Å². The molecule has 1 aromatic heterocycles. The number of nitrogens with one attached hydrogen (secondary N) is 1. The molecule has 0 aliphatic carbocycles. The van der Waals surface area contributed by atoms with E-state index in [4.69, 9.17) is 14.2 Å².